The van der Waals surface area contributed by atoms with Gasteiger partial charge >= 0.3 is 0 Å². The number of para-hydroxylation sites is 1. The summed E-state index contributed by atoms with van der Waals surface area (Å²) in [5.74, 6) is 0.560. The maximum Gasteiger partial charge on any atom is 0.258 e. The quantitative estimate of drug-likeness (QED) is 0.467. The molecule has 0 saturated carbocycles. The highest BCUT2D eigenvalue weighted by molar-refractivity contribution is 6.34. The van der Waals surface area contributed by atoms with Crippen molar-refractivity contribution in [2.75, 3.05) is 11.1 Å². The van der Waals surface area contributed by atoms with Gasteiger partial charge in [-0.3, -0.25) is 4.79 Å². The summed E-state index contributed by atoms with van der Waals surface area (Å²) in [5, 5.41) is 5.24. The number of imidazole rings is 1. The average molecular weight is 368 g/mol. The van der Waals surface area contributed by atoms with Gasteiger partial charge < -0.3 is 20.6 Å². The summed E-state index contributed by atoms with van der Waals surface area (Å²) >= 11 is 6.25. The summed E-state index contributed by atoms with van der Waals surface area (Å²) in [6.45, 7) is 3.90. The van der Waals surface area contributed by atoms with Crippen LogP contribution < -0.4 is 16.6 Å². The van der Waals surface area contributed by atoms with Gasteiger partial charge in [0.2, 0.25) is 5.95 Å². The molecule has 2 heterocycles. The Morgan fingerprint density at radius 3 is 2.73 bits per heavy atom. The van der Waals surface area contributed by atoms with Crippen LogP contribution in [0.25, 0.3) is 21.8 Å². The number of aryl methyl sites for hydroxylation is 3. The number of hydrogen-bond donors (Lipinski definition) is 3. The van der Waals surface area contributed by atoms with Crippen LogP contribution in [0.15, 0.2) is 35.1 Å². The number of H-pyrrole nitrogens is 1. The number of nitrogens with one attached hydrogen (secondary N) is 2. The highest BCUT2D eigenvalue weighted by atomic mass is 35.5. The maximum absolute atomic E-state index is 12.6. The molecule has 0 bridgehead atoms. The van der Waals surface area contributed by atoms with E-state index >= 15 is 0 Å². The van der Waals surface area contributed by atoms with Crippen LogP contribution >= 0.6 is 11.6 Å². The number of benzene rings is 2. The molecule has 2 aromatic heterocycles. The molecule has 0 amide bonds. The number of rotatable bonds is 2. The third-order valence-electron chi connectivity index (χ3n) is 4.81. The lowest BCUT2D eigenvalue weighted by atomic mass is 10.0. The van der Waals surface area contributed by atoms with Crippen LogP contribution in [-0.4, -0.2) is 14.5 Å². The Morgan fingerprint density at radius 1 is 1.23 bits per heavy atom. The lowest BCUT2D eigenvalue weighted by Crippen LogP contribution is -2.11. The molecule has 4 aromatic rings. The van der Waals surface area contributed by atoms with E-state index in [9.17, 15) is 4.79 Å². The summed E-state index contributed by atoms with van der Waals surface area (Å²) in [6.07, 6.45) is 0. The van der Waals surface area contributed by atoms with E-state index in [4.69, 9.17) is 17.3 Å². The Balaban J connectivity index is 2.00. The van der Waals surface area contributed by atoms with Gasteiger partial charge in [0.05, 0.1) is 32.8 Å². The molecule has 4 N–H and O–H groups in total. The highest BCUT2D eigenvalue weighted by Crippen LogP contribution is 2.33. The number of aromatic amines is 1. The van der Waals surface area contributed by atoms with E-state index in [-0.39, 0.29) is 5.56 Å². The number of fused-ring (bicyclic) bond motifs is 3. The topological polar surface area (TPSA) is 88.7 Å². The van der Waals surface area contributed by atoms with Gasteiger partial charge in [-0.25, -0.2) is 4.98 Å². The third-order valence-corrected chi connectivity index (χ3v) is 5.13. The minimum Gasteiger partial charge on any atom is -0.397 e. The molecule has 0 saturated heterocycles. The fraction of sp³-hybridized carbons (Fsp3) is 0.158. The monoisotopic (exact) mass is 367 g/mol. The van der Waals surface area contributed by atoms with E-state index in [1.54, 1.807) is 18.2 Å². The van der Waals surface area contributed by atoms with Gasteiger partial charge in [0.25, 0.3) is 5.56 Å². The minimum absolute atomic E-state index is 0.125. The van der Waals surface area contributed by atoms with Gasteiger partial charge in [-0.1, -0.05) is 23.7 Å². The van der Waals surface area contributed by atoms with Crippen LogP contribution in [0.4, 0.5) is 17.3 Å². The largest absolute Gasteiger partial charge is 0.397 e. The zero-order valence-electron chi connectivity index (χ0n) is 14.6. The van der Waals surface area contributed by atoms with E-state index in [0.717, 1.165) is 27.7 Å². The number of halogens is 1. The smallest absolute Gasteiger partial charge is 0.258 e. The molecular formula is C19H18ClN5O. The molecule has 26 heavy (non-hydrogen) atoms. The van der Waals surface area contributed by atoms with Crippen molar-refractivity contribution < 1.29 is 0 Å². The number of nitrogens with zero attached hydrogens (tertiary/aromatic N) is 2. The number of nitrogen functional groups attached to an aromatic ring is 1. The van der Waals surface area contributed by atoms with Crippen LogP contribution in [0.1, 0.15) is 11.3 Å². The number of anilines is 3. The second kappa shape index (κ2) is 5.78. The number of pyridine rings is 1. The van der Waals surface area contributed by atoms with Crippen molar-refractivity contribution in [1.82, 2.24) is 14.5 Å². The molecule has 0 spiro atoms. The van der Waals surface area contributed by atoms with E-state index < -0.39 is 0 Å². The van der Waals surface area contributed by atoms with Crippen molar-refractivity contribution in [2.24, 2.45) is 7.05 Å². The second-order valence-electron chi connectivity index (χ2n) is 6.38. The first kappa shape index (κ1) is 16.5. The molecule has 0 radical (unpaired) electrons. The first-order valence-corrected chi connectivity index (χ1v) is 8.56. The van der Waals surface area contributed by atoms with Crippen molar-refractivity contribution in [3.05, 3.63) is 57.0 Å². The first-order valence-electron chi connectivity index (χ1n) is 8.18. The molecule has 0 aliphatic heterocycles. The van der Waals surface area contributed by atoms with Crippen LogP contribution in [-0.2, 0) is 7.05 Å². The number of aromatic nitrogens is 3. The standard InChI is InChI=1S/C19H18ClN5O/c1-9-10(2)22-18(26)15-11(9)7-8-14-17(15)25(3)19(23-14)24-16-12(20)5-4-6-13(16)21/h4-8H,21H2,1-3H3,(H,22,26)(H,23,24). The Labute approximate surface area is 154 Å². The zero-order valence-corrected chi connectivity index (χ0v) is 15.4. The zero-order chi connectivity index (χ0) is 18.6. The van der Waals surface area contributed by atoms with Crippen molar-refractivity contribution in [3.63, 3.8) is 0 Å². The van der Waals surface area contributed by atoms with Crippen molar-refractivity contribution in [3.8, 4) is 0 Å². The molecule has 132 valence electrons. The van der Waals surface area contributed by atoms with Crippen molar-refractivity contribution >= 4 is 50.7 Å². The summed E-state index contributed by atoms with van der Waals surface area (Å²) in [4.78, 5) is 20.2. The van der Waals surface area contributed by atoms with Crippen LogP contribution in [0, 0.1) is 13.8 Å². The normalized spacial score (nSPS) is 11.4. The maximum atomic E-state index is 12.6. The fourth-order valence-electron chi connectivity index (χ4n) is 3.27. The van der Waals surface area contributed by atoms with E-state index in [1.165, 1.54) is 0 Å². The summed E-state index contributed by atoms with van der Waals surface area (Å²) < 4.78 is 1.85. The Morgan fingerprint density at radius 2 is 2.00 bits per heavy atom. The van der Waals surface area contributed by atoms with Crippen molar-refractivity contribution in [1.29, 1.82) is 0 Å². The Hall–Kier alpha value is -2.99. The summed E-state index contributed by atoms with van der Waals surface area (Å²) in [5.41, 5.74) is 10.4. The molecule has 2 aromatic carbocycles. The summed E-state index contributed by atoms with van der Waals surface area (Å²) in [6, 6.07) is 9.18. The molecule has 0 aliphatic rings. The average Bonchev–Trinajstić information content (AvgIpc) is 2.92. The number of nitrogens with two attached hydrogens (primary N) is 1. The number of hydrogen-bond acceptors (Lipinski definition) is 4. The predicted molar refractivity (Wildman–Crippen MR) is 107 cm³/mol. The fourth-order valence-corrected chi connectivity index (χ4v) is 3.50. The molecule has 7 heteroatoms. The Bertz CT molecular complexity index is 1220. The molecular weight excluding hydrogens is 350 g/mol. The molecule has 6 nitrogen and oxygen atoms in total. The molecule has 0 fully saturated rings. The van der Waals surface area contributed by atoms with Gasteiger partial charge in [0.15, 0.2) is 0 Å². The predicted octanol–water partition coefficient (Wildman–Crippen LogP) is 4.01. The van der Waals surface area contributed by atoms with E-state index in [1.807, 2.05) is 37.6 Å². The molecule has 0 atom stereocenters. The first-order chi connectivity index (χ1) is 12.4. The highest BCUT2D eigenvalue weighted by Gasteiger charge is 2.16. The van der Waals surface area contributed by atoms with Gasteiger partial charge in [-0.05, 0) is 43.0 Å². The molecule has 0 unspecified atom stereocenters. The van der Waals surface area contributed by atoms with Crippen molar-refractivity contribution in [2.45, 2.75) is 13.8 Å². The second-order valence-corrected chi connectivity index (χ2v) is 6.79. The van der Waals surface area contributed by atoms with Gasteiger partial charge in [0.1, 0.15) is 0 Å². The SMILES string of the molecule is Cc1[nH]c(=O)c2c(ccc3nc(Nc4c(N)cccc4Cl)n(C)c32)c1C. The lowest BCUT2D eigenvalue weighted by Gasteiger charge is -2.11. The van der Waals surface area contributed by atoms with E-state index in [0.29, 0.717) is 27.7 Å². The van der Waals surface area contributed by atoms with Crippen LogP contribution in [0.2, 0.25) is 5.02 Å². The molecule has 4 rings (SSSR count). The summed E-state index contributed by atoms with van der Waals surface area (Å²) in [7, 11) is 1.86. The van der Waals surface area contributed by atoms with Gasteiger partial charge in [-0.15, -0.1) is 0 Å². The Kier molecular flexibility index (Phi) is 3.66. The van der Waals surface area contributed by atoms with E-state index in [2.05, 4.69) is 15.3 Å². The minimum atomic E-state index is -0.125. The van der Waals surface area contributed by atoms with Crippen LogP contribution in [0.3, 0.4) is 0 Å². The van der Waals surface area contributed by atoms with Crippen LogP contribution in [0.5, 0.6) is 0 Å². The molecule has 0 aliphatic carbocycles. The van der Waals surface area contributed by atoms with Gasteiger partial charge in [-0.2, -0.15) is 0 Å². The van der Waals surface area contributed by atoms with Gasteiger partial charge in [0, 0.05) is 12.7 Å². The lowest BCUT2D eigenvalue weighted by molar-refractivity contribution is 0.960. The third kappa shape index (κ3) is 2.34.